The molecule has 0 amide bonds. The molecule has 1 heterocycles. The fourth-order valence-electron chi connectivity index (χ4n) is 1.57. The van der Waals surface area contributed by atoms with Gasteiger partial charge in [0, 0.05) is 5.56 Å². The number of benzene rings is 1. The zero-order chi connectivity index (χ0) is 13.1. The Balaban J connectivity index is 2.27. The van der Waals surface area contributed by atoms with Gasteiger partial charge in [-0.1, -0.05) is 24.3 Å². The van der Waals surface area contributed by atoms with Crippen LogP contribution in [0.5, 0.6) is 0 Å². The number of hydrogen-bond acceptors (Lipinski definition) is 4. The molecule has 0 saturated heterocycles. The monoisotopic (exact) mass is 245 g/mol. The van der Waals surface area contributed by atoms with E-state index in [0.717, 1.165) is 5.56 Å². The standard InChI is InChI=1S/C13H11NO4/c14-12(13(16)17)9-3-1-8(2-4-9)11-6-5-10(7-15)18-11/h1-7,12H,14H2,(H,16,17)/t12-/m0/s1. The van der Waals surface area contributed by atoms with Gasteiger partial charge in [-0.2, -0.15) is 0 Å². The first-order valence-corrected chi connectivity index (χ1v) is 5.25. The van der Waals surface area contributed by atoms with Gasteiger partial charge in [-0.05, 0) is 17.7 Å². The molecule has 0 fully saturated rings. The summed E-state index contributed by atoms with van der Waals surface area (Å²) in [5.41, 5.74) is 6.74. The maximum atomic E-state index is 10.7. The summed E-state index contributed by atoms with van der Waals surface area (Å²) in [6, 6.07) is 8.85. The van der Waals surface area contributed by atoms with Gasteiger partial charge in [0.2, 0.25) is 0 Å². The van der Waals surface area contributed by atoms with Crippen LogP contribution in [0.15, 0.2) is 40.8 Å². The number of carboxylic acids is 1. The van der Waals surface area contributed by atoms with E-state index in [4.69, 9.17) is 15.3 Å². The van der Waals surface area contributed by atoms with Crippen molar-refractivity contribution in [1.82, 2.24) is 0 Å². The third-order valence-corrected chi connectivity index (χ3v) is 2.56. The van der Waals surface area contributed by atoms with Crippen LogP contribution >= 0.6 is 0 Å². The number of aldehydes is 1. The number of furan rings is 1. The van der Waals surface area contributed by atoms with Gasteiger partial charge >= 0.3 is 5.97 Å². The SMILES string of the molecule is N[C@H](C(=O)O)c1ccc(-c2ccc(C=O)o2)cc1. The maximum absolute atomic E-state index is 10.7. The van der Waals surface area contributed by atoms with Gasteiger partial charge < -0.3 is 15.3 Å². The molecule has 0 aliphatic carbocycles. The van der Waals surface area contributed by atoms with Crippen molar-refractivity contribution in [2.45, 2.75) is 6.04 Å². The molecule has 1 aromatic carbocycles. The number of rotatable bonds is 4. The second-order valence-corrected chi connectivity index (χ2v) is 3.76. The zero-order valence-corrected chi connectivity index (χ0v) is 9.37. The van der Waals surface area contributed by atoms with E-state index in [1.807, 2.05) is 0 Å². The van der Waals surface area contributed by atoms with Crippen LogP contribution < -0.4 is 5.73 Å². The highest BCUT2D eigenvalue weighted by Gasteiger charge is 2.14. The van der Waals surface area contributed by atoms with Crippen molar-refractivity contribution in [2.24, 2.45) is 5.73 Å². The van der Waals surface area contributed by atoms with E-state index >= 15 is 0 Å². The molecule has 92 valence electrons. The van der Waals surface area contributed by atoms with Gasteiger partial charge in [0.05, 0.1) is 0 Å². The summed E-state index contributed by atoms with van der Waals surface area (Å²) in [5.74, 6) is -0.284. The summed E-state index contributed by atoms with van der Waals surface area (Å²) >= 11 is 0. The first-order valence-electron chi connectivity index (χ1n) is 5.25. The Hall–Kier alpha value is -2.40. The molecular weight excluding hydrogens is 234 g/mol. The fourth-order valence-corrected chi connectivity index (χ4v) is 1.57. The molecule has 5 nitrogen and oxygen atoms in total. The number of carbonyl (C=O) groups excluding carboxylic acids is 1. The summed E-state index contributed by atoms with van der Waals surface area (Å²) in [7, 11) is 0. The lowest BCUT2D eigenvalue weighted by Gasteiger charge is -2.06. The highest BCUT2D eigenvalue weighted by atomic mass is 16.4. The van der Waals surface area contributed by atoms with Crippen molar-refractivity contribution >= 4 is 12.3 Å². The van der Waals surface area contributed by atoms with Crippen LogP contribution in [-0.2, 0) is 4.79 Å². The molecule has 0 aliphatic heterocycles. The molecule has 2 aromatic rings. The lowest BCUT2D eigenvalue weighted by atomic mass is 10.0. The molecular formula is C13H11NO4. The molecule has 1 aromatic heterocycles. The lowest BCUT2D eigenvalue weighted by Crippen LogP contribution is -2.20. The van der Waals surface area contributed by atoms with Gasteiger partial charge in [0.1, 0.15) is 11.8 Å². The van der Waals surface area contributed by atoms with Gasteiger partial charge in [-0.3, -0.25) is 9.59 Å². The highest BCUT2D eigenvalue weighted by Crippen LogP contribution is 2.23. The minimum absolute atomic E-state index is 0.247. The van der Waals surface area contributed by atoms with Crippen molar-refractivity contribution in [3.05, 3.63) is 47.7 Å². The molecule has 2 rings (SSSR count). The molecule has 3 N–H and O–H groups in total. The average molecular weight is 245 g/mol. The van der Waals surface area contributed by atoms with Crippen LogP contribution in [0.4, 0.5) is 0 Å². The van der Waals surface area contributed by atoms with Gasteiger partial charge in [0.25, 0.3) is 0 Å². The lowest BCUT2D eigenvalue weighted by molar-refractivity contribution is -0.138. The summed E-state index contributed by atoms with van der Waals surface area (Å²) in [6.45, 7) is 0. The summed E-state index contributed by atoms with van der Waals surface area (Å²) in [4.78, 5) is 21.2. The van der Waals surface area contributed by atoms with Crippen molar-refractivity contribution in [3.63, 3.8) is 0 Å². The molecule has 0 radical (unpaired) electrons. The van der Waals surface area contributed by atoms with E-state index in [1.165, 1.54) is 0 Å². The van der Waals surface area contributed by atoms with E-state index in [1.54, 1.807) is 36.4 Å². The van der Waals surface area contributed by atoms with Crippen molar-refractivity contribution < 1.29 is 19.1 Å². The van der Waals surface area contributed by atoms with Crippen LogP contribution in [0.1, 0.15) is 22.2 Å². The van der Waals surface area contributed by atoms with Gasteiger partial charge in [-0.25, -0.2) is 0 Å². The predicted octanol–water partition coefficient (Wildman–Crippen LogP) is 1.84. The first kappa shape index (κ1) is 12.1. The Morgan fingerprint density at radius 3 is 2.39 bits per heavy atom. The molecule has 0 spiro atoms. The Morgan fingerprint density at radius 1 is 1.22 bits per heavy atom. The number of nitrogens with two attached hydrogens (primary N) is 1. The fraction of sp³-hybridized carbons (Fsp3) is 0.0769. The summed E-state index contributed by atoms with van der Waals surface area (Å²) < 4.78 is 5.25. The minimum Gasteiger partial charge on any atom is -0.480 e. The average Bonchev–Trinajstić information content (AvgIpc) is 2.86. The quantitative estimate of drug-likeness (QED) is 0.801. The minimum atomic E-state index is -1.08. The summed E-state index contributed by atoms with van der Waals surface area (Å²) in [6.07, 6.45) is 0.623. The van der Waals surface area contributed by atoms with Crippen LogP contribution in [0.2, 0.25) is 0 Å². The Labute approximate surface area is 103 Å². The van der Waals surface area contributed by atoms with Crippen LogP contribution in [0, 0.1) is 0 Å². The van der Waals surface area contributed by atoms with E-state index in [2.05, 4.69) is 0 Å². The highest BCUT2D eigenvalue weighted by molar-refractivity contribution is 5.76. The van der Waals surface area contributed by atoms with E-state index in [9.17, 15) is 9.59 Å². The number of carbonyl (C=O) groups is 2. The van der Waals surface area contributed by atoms with E-state index in [0.29, 0.717) is 17.6 Å². The smallest absolute Gasteiger partial charge is 0.325 e. The number of hydrogen-bond donors (Lipinski definition) is 2. The molecule has 0 saturated carbocycles. The van der Waals surface area contributed by atoms with Gasteiger partial charge in [-0.15, -0.1) is 0 Å². The maximum Gasteiger partial charge on any atom is 0.325 e. The third kappa shape index (κ3) is 2.31. The van der Waals surface area contributed by atoms with Crippen molar-refractivity contribution in [3.8, 4) is 11.3 Å². The molecule has 0 aliphatic rings. The third-order valence-electron chi connectivity index (χ3n) is 2.56. The van der Waals surface area contributed by atoms with Crippen LogP contribution in [0.3, 0.4) is 0 Å². The van der Waals surface area contributed by atoms with Crippen molar-refractivity contribution in [1.29, 1.82) is 0 Å². The molecule has 18 heavy (non-hydrogen) atoms. The first-order chi connectivity index (χ1) is 8.61. The second kappa shape index (κ2) is 4.85. The van der Waals surface area contributed by atoms with Crippen LogP contribution in [-0.4, -0.2) is 17.4 Å². The molecule has 0 unspecified atom stereocenters. The van der Waals surface area contributed by atoms with E-state index < -0.39 is 12.0 Å². The molecule has 1 atom stereocenters. The van der Waals surface area contributed by atoms with Gasteiger partial charge in [0.15, 0.2) is 12.0 Å². The second-order valence-electron chi connectivity index (χ2n) is 3.76. The summed E-state index contributed by atoms with van der Waals surface area (Å²) in [5, 5.41) is 8.77. The number of aliphatic carboxylic acids is 1. The predicted molar refractivity (Wildman–Crippen MR) is 64.1 cm³/mol. The number of carboxylic acid groups (broad SMARTS) is 1. The zero-order valence-electron chi connectivity index (χ0n) is 9.37. The Bertz CT molecular complexity index is 571. The molecule has 5 heteroatoms. The topological polar surface area (TPSA) is 93.5 Å². The Kier molecular flexibility index (Phi) is 3.25. The van der Waals surface area contributed by atoms with E-state index in [-0.39, 0.29) is 5.76 Å². The Morgan fingerprint density at radius 2 is 1.89 bits per heavy atom. The normalized spacial score (nSPS) is 12.1. The molecule has 0 bridgehead atoms. The van der Waals surface area contributed by atoms with Crippen molar-refractivity contribution in [2.75, 3.05) is 0 Å². The largest absolute Gasteiger partial charge is 0.480 e. The van der Waals surface area contributed by atoms with Crippen LogP contribution in [0.25, 0.3) is 11.3 Å².